The van der Waals surface area contributed by atoms with Crippen molar-refractivity contribution in [3.05, 3.63) is 36.0 Å². The number of rotatable bonds is 6. The van der Waals surface area contributed by atoms with E-state index >= 15 is 0 Å². The van der Waals surface area contributed by atoms with Crippen molar-refractivity contribution in [2.45, 2.75) is 12.5 Å². The number of benzene rings is 1. The lowest BCUT2D eigenvalue weighted by molar-refractivity contribution is -0.153. The normalized spacial score (nSPS) is 12.3. The average Bonchev–Trinajstić information content (AvgIpc) is 2.85. The number of hydrogen-bond acceptors (Lipinski definition) is 3. The Morgan fingerprint density at radius 2 is 2.05 bits per heavy atom. The maximum absolute atomic E-state index is 11.5. The SMILES string of the molecule is CN(C)C(=O)CO[C@@H](Cc1c[nH]c2ccccc12)C(=O)O. The molecule has 0 aliphatic carbocycles. The van der Waals surface area contributed by atoms with Crippen molar-refractivity contribution in [3.63, 3.8) is 0 Å². The van der Waals surface area contributed by atoms with Gasteiger partial charge in [0.25, 0.3) is 0 Å². The van der Waals surface area contributed by atoms with Gasteiger partial charge in [-0.05, 0) is 11.6 Å². The lowest BCUT2D eigenvalue weighted by Crippen LogP contribution is -2.33. The maximum Gasteiger partial charge on any atom is 0.333 e. The quantitative estimate of drug-likeness (QED) is 0.839. The highest BCUT2D eigenvalue weighted by atomic mass is 16.5. The monoisotopic (exact) mass is 290 g/mol. The third-order valence-corrected chi connectivity index (χ3v) is 3.26. The van der Waals surface area contributed by atoms with Crippen LogP contribution >= 0.6 is 0 Å². The Balaban J connectivity index is 2.09. The molecule has 112 valence electrons. The van der Waals surface area contributed by atoms with Crippen LogP contribution in [0.5, 0.6) is 0 Å². The summed E-state index contributed by atoms with van der Waals surface area (Å²) in [6.45, 7) is -0.244. The van der Waals surface area contributed by atoms with Crippen LogP contribution in [-0.2, 0) is 20.7 Å². The molecule has 6 nitrogen and oxygen atoms in total. The van der Waals surface area contributed by atoms with E-state index in [0.717, 1.165) is 16.5 Å². The van der Waals surface area contributed by atoms with Crippen molar-refractivity contribution < 1.29 is 19.4 Å². The van der Waals surface area contributed by atoms with Gasteiger partial charge in [0.2, 0.25) is 5.91 Å². The van der Waals surface area contributed by atoms with E-state index in [1.807, 2.05) is 24.3 Å². The molecule has 2 rings (SSSR count). The lowest BCUT2D eigenvalue weighted by atomic mass is 10.1. The summed E-state index contributed by atoms with van der Waals surface area (Å²) in [5, 5.41) is 10.2. The molecule has 0 aliphatic heterocycles. The van der Waals surface area contributed by atoms with Crippen LogP contribution in [0.3, 0.4) is 0 Å². The molecule has 6 heteroatoms. The van der Waals surface area contributed by atoms with Crippen LogP contribution in [0.25, 0.3) is 10.9 Å². The number of amides is 1. The highest BCUT2D eigenvalue weighted by molar-refractivity contribution is 5.84. The van der Waals surface area contributed by atoms with Gasteiger partial charge in [-0.15, -0.1) is 0 Å². The molecule has 2 N–H and O–H groups in total. The van der Waals surface area contributed by atoms with Crippen molar-refractivity contribution in [1.82, 2.24) is 9.88 Å². The van der Waals surface area contributed by atoms with E-state index in [4.69, 9.17) is 4.74 Å². The lowest BCUT2D eigenvalue weighted by Gasteiger charge is -2.15. The average molecular weight is 290 g/mol. The number of H-pyrrole nitrogens is 1. The van der Waals surface area contributed by atoms with Gasteiger partial charge >= 0.3 is 5.97 Å². The number of hydrogen-bond donors (Lipinski definition) is 2. The molecule has 1 aromatic heterocycles. The molecule has 0 fully saturated rings. The van der Waals surface area contributed by atoms with Crippen molar-refractivity contribution >= 4 is 22.8 Å². The van der Waals surface area contributed by atoms with Crippen molar-refractivity contribution in [2.24, 2.45) is 0 Å². The fourth-order valence-corrected chi connectivity index (χ4v) is 2.02. The highest BCUT2D eigenvalue weighted by Gasteiger charge is 2.22. The van der Waals surface area contributed by atoms with Crippen LogP contribution in [0, 0.1) is 0 Å². The molecule has 0 radical (unpaired) electrons. The number of aromatic amines is 1. The van der Waals surface area contributed by atoms with E-state index in [0.29, 0.717) is 0 Å². The number of carboxylic acid groups (broad SMARTS) is 1. The second-order valence-electron chi connectivity index (χ2n) is 4.99. The number of carbonyl (C=O) groups excluding carboxylic acids is 1. The summed E-state index contributed by atoms with van der Waals surface area (Å²) in [7, 11) is 3.20. The molecule has 1 heterocycles. The molecule has 0 aliphatic rings. The number of ether oxygens (including phenoxy) is 1. The Morgan fingerprint density at radius 3 is 2.71 bits per heavy atom. The second kappa shape index (κ2) is 6.41. The van der Waals surface area contributed by atoms with Crippen LogP contribution in [0.1, 0.15) is 5.56 Å². The molecule has 2 aromatic rings. The molecule has 0 unspecified atom stereocenters. The number of nitrogens with zero attached hydrogens (tertiary/aromatic N) is 1. The number of nitrogens with one attached hydrogen (secondary N) is 1. The number of para-hydroxylation sites is 1. The summed E-state index contributed by atoms with van der Waals surface area (Å²) in [5.41, 5.74) is 1.80. The Bertz CT molecular complexity index is 648. The Hall–Kier alpha value is -2.34. The minimum atomic E-state index is -1.08. The summed E-state index contributed by atoms with van der Waals surface area (Å²) in [6, 6.07) is 7.64. The predicted octanol–water partition coefficient (Wildman–Crippen LogP) is 1.27. The first kappa shape index (κ1) is 15.1. The van der Waals surface area contributed by atoms with Gasteiger partial charge < -0.3 is 19.7 Å². The summed E-state index contributed by atoms with van der Waals surface area (Å²) in [5.74, 6) is -1.34. The highest BCUT2D eigenvalue weighted by Crippen LogP contribution is 2.19. The van der Waals surface area contributed by atoms with Crippen molar-refractivity contribution in [3.8, 4) is 0 Å². The zero-order valence-electron chi connectivity index (χ0n) is 12.0. The smallest absolute Gasteiger partial charge is 0.333 e. The van der Waals surface area contributed by atoms with E-state index in [-0.39, 0.29) is 18.9 Å². The van der Waals surface area contributed by atoms with E-state index in [1.165, 1.54) is 4.90 Å². The Morgan fingerprint density at radius 1 is 1.33 bits per heavy atom. The number of aliphatic carboxylic acids is 1. The van der Waals surface area contributed by atoms with Crippen molar-refractivity contribution in [1.29, 1.82) is 0 Å². The fourth-order valence-electron chi connectivity index (χ4n) is 2.02. The number of aromatic nitrogens is 1. The van der Waals surface area contributed by atoms with Gasteiger partial charge in [-0.3, -0.25) is 4.79 Å². The Kier molecular flexibility index (Phi) is 4.59. The number of fused-ring (bicyclic) bond motifs is 1. The molecule has 0 saturated heterocycles. The second-order valence-corrected chi connectivity index (χ2v) is 4.99. The maximum atomic E-state index is 11.5. The summed E-state index contributed by atoms with van der Waals surface area (Å²) < 4.78 is 5.24. The van der Waals surface area contributed by atoms with Crippen LogP contribution in [0.15, 0.2) is 30.5 Å². The molecular weight excluding hydrogens is 272 g/mol. The third kappa shape index (κ3) is 3.61. The molecular formula is C15H18N2O4. The van der Waals surface area contributed by atoms with E-state index in [9.17, 15) is 14.7 Å². The molecule has 1 amide bonds. The van der Waals surface area contributed by atoms with Crippen LogP contribution in [-0.4, -0.2) is 53.7 Å². The van der Waals surface area contributed by atoms with E-state index in [1.54, 1.807) is 20.3 Å². The summed E-state index contributed by atoms with van der Waals surface area (Å²) in [4.78, 5) is 27.2. The molecule has 0 saturated carbocycles. The van der Waals surface area contributed by atoms with Crippen molar-refractivity contribution in [2.75, 3.05) is 20.7 Å². The summed E-state index contributed by atoms with van der Waals surface area (Å²) >= 11 is 0. The third-order valence-electron chi connectivity index (χ3n) is 3.26. The van der Waals surface area contributed by atoms with Gasteiger partial charge in [-0.1, -0.05) is 18.2 Å². The molecule has 1 aromatic carbocycles. The standard InChI is InChI=1S/C15H18N2O4/c1-17(2)14(18)9-21-13(15(19)20)7-10-8-16-12-6-4-3-5-11(10)12/h3-6,8,13,16H,7,9H2,1-2H3,(H,19,20)/t13-/m0/s1. The predicted molar refractivity (Wildman–Crippen MR) is 78.1 cm³/mol. The first-order valence-electron chi connectivity index (χ1n) is 6.58. The zero-order valence-corrected chi connectivity index (χ0v) is 12.0. The minimum absolute atomic E-state index is 0.208. The van der Waals surface area contributed by atoms with Gasteiger partial charge in [0.1, 0.15) is 6.61 Å². The van der Waals surface area contributed by atoms with E-state index in [2.05, 4.69) is 4.98 Å². The molecule has 0 spiro atoms. The number of carbonyl (C=O) groups is 2. The number of carboxylic acids is 1. The van der Waals surface area contributed by atoms with E-state index < -0.39 is 12.1 Å². The van der Waals surface area contributed by atoms with Crippen LogP contribution < -0.4 is 0 Å². The number of likely N-dealkylation sites (N-methyl/N-ethyl adjacent to an activating group) is 1. The van der Waals surface area contributed by atoms with Gasteiger partial charge in [-0.25, -0.2) is 4.79 Å². The van der Waals surface area contributed by atoms with Gasteiger partial charge in [0.15, 0.2) is 6.10 Å². The van der Waals surface area contributed by atoms with Crippen LogP contribution in [0.2, 0.25) is 0 Å². The van der Waals surface area contributed by atoms with Gasteiger partial charge in [-0.2, -0.15) is 0 Å². The topological polar surface area (TPSA) is 82.6 Å². The zero-order chi connectivity index (χ0) is 15.4. The fraction of sp³-hybridized carbons (Fsp3) is 0.333. The Labute approximate surface area is 122 Å². The molecule has 1 atom stereocenters. The first-order valence-corrected chi connectivity index (χ1v) is 6.58. The molecule has 21 heavy (non-hydrogen) atoms. The largest absolute Gasteiger partial charge is 0.479 e. The molecule has 0 bridgehead atoms. The van der Waals surface area contributed by atoms with Gasteiger partial charge in [0, 0.05) is 37.6 Å². The van der Waals surface area contributed by atoms with Crippen LogP contribution in [0.4, 0.5) is 0 Å². The summed E-state index contributed by atoms with van der Waals surface area (Å²) in [6.07, 6.45) is 0.936. The first-order chi connectivity index (χ1) is 9.99. The minimum Gasteiger partial charge on any atom is -0.479 e. The van der Waals surface area contributed by atoms with Gasteiger partial charge in [0.05, 0.1) is 0 Å².